The van der Waals surface area contributed by atoms with Gasteiger partial charge in [0.2, 0.25) is 5.91 Å². The van der Waals surface area contributed by atoms with E-state index in [1.807, 2.05) is 55.5 Å². The number of rotatable bonds is 9. The quantitative estimate of drug-likeness (QED) is 0.211. The van der Waals surface area contributed by atoms with Crippen LogP contribution in [0.4, 0.5) is 5.69 Å². The van der Waals surface area contributed by atoms with E-state index >= 15 is 0 Å². The van der Waals surface area contributed by atoms with E-state index in [2.05, 4.69) is 5.32 Å². The average molecular weight is 550 g/mol. The van der Waals surface area contributed by atoms with Gasteiger partial charge in [-0.25, -0.2) is 4.98 Å². The van der Waals surface area contributed by atoms with Crippen molar-refractivity contribution in [2.24, 2.45) is 0 Å². The Morgan fingerprint density at radius 1 is 1.16 bits per heavy atom. The number of carbonyl (C=O) groups excluding carboxylic acids is 1. The van der Waals surface area contributed by atoms with Gasteiger partial charge < -0.3 is 14.8 Å². The Balaban J connectivity index is 1.58. The summed E-state index contributed by atoms with van der Waals surface area (Å²) in [6, 6.07) is 15.2. The first-order chi connectivity index (χ1) is 18.5. The highest BCUT2D eigenvalue weighted by molar-refractivity contribution is 8.00. The maximum absolute atomic E-state index is 13.8. The monoisotopic (exact) mass is 549 g/mol. The van der Waals surface area contributed by atoms with Crippen LogP contribution >= 0.6 is 23.1 Å². The van der Waals surface area contributed by atoms with Crippen molar-refractivity contribution in [1.82, 2.24) is 9.55 Å². The summed E-state index contributed by atoms with van der Waals surface area (Å²) in [5, 5.41) is 3.65. The molecule has 5 rings (SSSR count). The van der Waals surface area contributed by atoms with Gasteiger partial charge in [-0.1, -0.05) is 48.2 Å². The zero-order chi connectivity index (χ0) is 26.6. The fourth-order valence-corrected chi connectivity index (χ4v) is 7.24. The molecule has 38 heavy (non-hydrogen) atoms. The molecule has 0 aliphatic heterocycles. The molecule has 2 aromatic heterocycles. The zero-order valence-electron chi connectivity index (χ0n) is 21.8. The average Bonchev–Trinajstić information content (AvgIpc) is 3.30. The number of fused-ring (bicyclic) bond motifs is 3. The zero-order valence-corrected chi connectivity index (χ0v) is 23.4. The second-order valence-corrected chi connectivity index (χ2v) is 11.5. The second-order valence-electron chi connectivity index (χ2n) is 9.34. The fourth-order valence-electron chi connectivity index (χ4n) is 4.81. The molecular weight excluding hydrogens is 518 g/mol. The Kier molecular flexibility index (Phi) is 8.16. The first-order valence-corrected chi connectivity index (χ1v) is 14.4. The summed E-state index contributed by atoms with van der Waals surface area (Å²) in [6.07, 6.45) is 4.13. The lowest BCUT2D eigenvalue weighted by Crippen LogP contribution is -2.27. The number of thiophene rings is 1. The molecule has 2 aromatic carbocycles. The predicted octanol–water partition coefficient (Wildman–Crippen LogP) is 5.77. The van der Waals surface area contributed by atoms with Crippen LogP contribution in [0.5, 0.6) is 5.75 Å². The van der Waals surface area contributed by atoms with E-state index in [1.54, 1.807) is 30.1 Å². The van der Waals surface area contributed by atoms with E-state index in [-0.39, 0.29) is 11.5 Å². The summed E-state index contributed by atoms with van der Waals surface area (Å²) in [5.41, 5.74) is 3.53. The van der Waals surface area contributed by atoms with Gasteiger partial charge in [-0.3, -0.25) is 14.2 Å². The number of methoxy groups -OCH3 is 2. The molecule has 7 nitrogen and oxygen atoms in total. The van der Waals surface area contributed by atoms with Crippen LogP contribution in [0.2, 0.25) is 0 Å². The number of amides is 1. The lowest BCUT2D eigenvalue weighted by Gasteiger charge is -2.20. The molecule has 0 saturated carbocycles. The van der Waals surface area contributed by atoms with Crippen molar-refractivity contribution < 1.29 is 14.3 Å². The van der Waals surface area contributed by atoms with Gasteiger partial charge in [0.1, 0.15) is 15.8 Å². The van der Waals surface area contributed by atoms with Crippen molar-refractivity contribution in [3.05, 3.63) is 80.5 Å². The Morgan fingerprint density at radius 2 is 1.95 bits per heavy atom. The summed E-state index contributed by atoms with van der Waals surface area (Å²) in [4.78, 5) is 34.6. The van der Waals surface area contributed by atoms with Crippen molar-refractivity contribution in [2.75, 3.05) is 26.1 Å². The van der Waals surface area contributed by atoms with Crippen molar-refractivity contribution in [3.63, 3.8) is 0 Å². The molecule has 9 heteroatoms. The molecule has 1 atom stereocenters. The summed E-state index contributed by atoms with van der Waals surface area (Å²) >= 11 is 2.90. The van der Waals surface area contributed by atoms with E-state index in [9.17, 15) is 9.59 Å². The van der Waals surface area contributed by atoms with Crippen LogP contribution in [0.15, 0.2) is 58.5 Å². The van der Waals surface area contributed by atoms with Crippen LogP contribution in [0.1, 0.15) is 39.7 Å². The maximum atomic E-state index is 13.8. The second kappa shape index (κ2) is 11.7. The molecule has 2 heterocycles. The van der Waals surface area contributed by atoms with Gasteiger partial charge in [0.05, 0.1) is 31.3 Å². The molecule has 0 bridgehead atoms. The minimum Gasteiger partial charge on any atom is -0.495 e. The predicted molar refractivity (Wildman–Crippen MR) is 154 cm³/mol. The van der Waals surface area contributed by atoms with E-state index in [0.717, 1.165) is 52.6 Å². The number of thioether (sulfide) groups is 1. The highest BCUT2D eigenvalue weighted by Gasteiger charge is 2.28. The van der Waals surface area contributed by atoms with Gasteiger partial charge in [0, 0.05) is 12.0 Å². The van der Waals surface area contributed by atoms with Crippen molar-refractivity contribution in [2.45, 2.75) is 49.6 Å². The van der Waals surface area contributed by atoms with Crippen molar-refractivity contribution in [1.29, 1.82) is 0 Å². The number of hydrogen-bond donors (Lipinski definition) is 1. The van der Waals surface area contributed by atoms with Crippen LogP contribution in [-0.4, -0.2) is 36.3 Å². The van der Waals surface area contributed by atoms with Crippen LogP contribution in [0, 0.1) is 6.92 Å². The summed E-state index contributed by atoms with van der Waals surface area (Å²) < 4.78 is 12.5. The lowest BCUT2D eigenvalue weighted by atomic mass is 9.97. The molecule has 1 aliphatic rings. The topological polar surface area (TPSA) is 82.4 Å². The first-order valence-electron chi connectivity index (χ1n) is 12.7. The van der Waals surface area contributed by atoms with E-state index in [0.29, 0.717) is 29.7 Å². The Labute approximate surface area is 230 Å². The van der Waals surface area contributed by atoms with E-state index in [4.69, 9.17) is 14.5 Å². The van der Waals surface area contributed by atoms with Gasteiger partial charge in [-0.05, 0) is 61.4 Å². The number of aryl methyl sites for hydroxylation is 3. The number of carbonyl (C=O) groups is 1. The Hall–Kier alpha value is -3.14. The standard InChI is InChI=1S/C29H31N3O4S2/c1-18-13-14-22(36-3)21(17-18)30-26(33)25(19-9-5-4-6-10-19)38-29-31-27-24(28(34)32(29)15-16-35-2)20-11-7-8-12-23(20)37-27/h4-6,9-10,13-14,17,25H,7-8,11-12,15-16H2,1-3H3,(H,30,33). The summed E-state index contributed by atoms with van der Waals surface area (Å²) in [6.45, 7) is 2.70. The van der Waals surface area contributed by atoms with Gasteiger partial charge in [-0.2, -0.15) is 0 Å². The highest BCUT2D eigenvalue weighted by atomic mass is 32.2. The summed E-state index contributed by atoms with van der Waals surface area (Å²) in [7, 11) is 3.20. The van der Waals surface area contributed by atoms with Crippen molar-refractivity contribution in [3.8, 4) is 5.75 Å². The van der Waals surface area contributed by atoms with E-state index < -0.39 is 5.25 Å². The number of benzene rings is 2. The molecule has 0 spiro atoms. The minimum atomic E-state index is -0.644. The third kappa shape index (κ3) is 5.36. The van der Waals surface area contributed by atoms with E-state index in [1.165, 1.54) is 16.6 Å². The van der Waals surface area contributed by atoms with Crippen LogP contribution in [-0.2, 0) is 28.9 Å². The van der Waals surface area contributed by atoms with Crippen LogP contribution in [0.3, 0.4) is 0 Å². The number of nitrogens with one attached hydrogen (secondary N) is 1. The molecular formula is C29H31N3O4S2. The third-order valence-corrected chi connectivity index (χ3v) is 9.17. The number of anilines is 1. The SMILES string of the molecule is COCCn1c(SC(C(=O)Nc2cc(C)ccc2OC)c2ccccc2)nc2sc3c(c2c1=O)CCCC3. The molecule has 1 N–H and O–H groups in total. The molecule has 0 radical (unpaired) electrons. The lowest BCUT2D eigenvalue weighted by molar-refractivity contribution is -0.115. The largest absolute Gasteiger partial charge is 0.495 e. The number of aromatic nitrogens is 2. The van der Waals surface area contributed by atoms with Gasteiger partial charge in [0.25, 0.3) is 5.56 Å². The van der Waals surface area contributed by atoms with Gasteiger partial charge in [-0.15, -0.1) is 11.3 Å². The van der Waals surface area contributed by atoms with Crippen LogP contribution < -0.4 is 15.6 Å². The Morgan fingerprint density at radius 3 is 2.71 bits per heavy atom. The van der Waals surface area contributed by atoms with Gasteiger partial charge >= 0.3 is 0 Å². The smallest absolute Gasteiger partial charge is 0.263 e. The molecule has 0 fully saturated rings. The molecule has 1 amide bonds. The number of hydrogen-bond acceptors (Lipinski definition) is 7. The first kappa shape index (κ1) is 26.5. The molecule has 4 aromatic rings. The van der Waals surface area contributed by atoms with Gasteiger partial charge in [0.15, 0.2) is 5.16 Å². The highest BCUT2D eigenvalue weighted by Crippen LogP contribution is 2.39. The number of nitrogens with zero attached hydrogens (tertiary/aromatic N) is 2. The molecule has 0 saturated heterocycles. The fraction of sp³-hybridized carbons (Fsp3) is 0.345. The summed E-state index contributed by atoms with van der Waals surface area (Å²) in [5.74, 6) is 0.365. The van der Waals surface area contributed by atoms with Crippen molar-refractivity contribution >= 4 is 44.9 Å². The maximum Gasteiger partial charge on any atom is 0.263 e. The molecule has 1 unspecified atom stereocenters. The normalized spacial score (nSPS) is 13.8. The molecule has 198 valence electrons. The number of ether oxygens (including phenoxy) is 2. The third-order valence-electron chi connectivity index (χ3n) is 6.74. The molecule has 1 aliphatic carbocycles. The minimum absolute atomic E-state index is 0.0541. The van der Waals surface area contributed by atoms with Crippen LogP contribution in [0.25, 0.3) is 10.2 Å². The Bertz CT molecular complexity index is 1510.